The Morgan fingerprint density at radius 2 is 2.25 bits per heavy atom. The molecule has 0 aromatic heterocycles. The molecule has 0 unspecified atom stereocenters. The summed E-state index contributed by atoms with van der Waals surface area (Å²) in [4.78, 5) is 11.7. The zero-order chi connectivity index (χ0) is 11.5. The molecule has 2 rings (SSSR count). The molecular formula is C12H13BrFNO. The fraction of sp³-hybridized carbons (Fsp3) is 0.417. The lowest BCUT2D eigenvalue weighted by molar-refractivity contribution is -0.119. The van der Waals surface area contributed by atoms with Gasteiger partial charge in [0.05, 0.1) is 0 Å². The van der Waals surface area contributed by atoms with Crippen LogP contribution in [-0.2, 0) is 11.2 Å². The minimum Gasteiger partial charge on any atom is -0.316 e. The minimum absolute atomic E-state index is 0.114. The topological polar surface area (TPSA) is 29.1 Å². The van der Waals surface area contributed by atoms with E-state index in [4.69, 9.17) is 0 Å². The Morgan fingerprint density at radius 3 is 2.88 bits per heavy atom. The fourth-order valence-electron chi connectivity index (χ4n) is 1.78. The van der Waals surface area contributed by atoms with Crippen molar-refractivity contribution >= 4 is 21.7 Å². The van der Waals surface area contributed by atoms with Crippen molar-refractivity contribution in [1.82, 2.24) is 5.32 Å². The van der Waals surface area contributed by atoms with Crippen LogP contribution in [0.5, 0.6) is 0 Å². The van der Waals surface area contributed by atoms with Gasteiger partial charge in [0.15, 0.2) is 0 Å². The maximum atomic E-state index is 13.4. The molecule has 0 amide bonds. The number of Topliss-reactive ketones (excluding diaryl/α,β-unsaturated/α-hetero) is 1. The van der Waals surface area contributed by atoms with Crippen molar-refractivity contribution in [3.63, 3.8) is 0 Å². The number of carbonyl (C=O) groups excluding carboxylic acids is 1. The summed E-state index contributed by atoms with van der Waals surface area (Å²) in [6.07, 6.45) is 0.751. The Hall–Kier alpha value is -0.740. The normalized spacial score (nSPS) is 15.9. The molecule has 1 heterocycles. The standard InChI is InChI=1S/C12H13BrFNO/c13-10-1-2-12(14)9(4-10)5-11(16)3-8-6-15-7-8/h1-2,4,8,15H,3,5-7H2. The highest BCUT2D eigenvalue weighted by Gasteiger charge is 2.20. The molecule has 1 aromatic rings. The quantitative estimate of drug-likeness (QED) is 0.920. The average molecular weight is 286 g/mol. The first-order valence-electron chi connectivity index (χ1n) is 5.31. The number of carbonyl (C=O) groups is 1. The van der Waals surface area contributed by atoms with Crippen LogP contribution < -0.4 is 5.32 Å². The molecule has 86 valence electrons. The Kier molecular flexibility index (Phi) is 3.71. The molecule has 16 heavy (non-hydrogen) atoms. The molecular weight excluding hydrogens is 273 g/mol. The van der Waals surface area contributed by atoms with Gasteiger partial charge < -0.3 is 5.32 Å². The third-order valence-corrected chi connectivity index (χ3v) is 3.27. The van der Waals surface area contributed by atoms with Gasteiger partial charge >= 0.3 is 0 Å². The molecule has 1 saturated heterocycles. The monoisotopic (exact) mass is 285 g/mol. The highest BCUT2D eigenvalue weighted by Crippen LogP contribution is 2.18. The van der Waals surface area contributed by atoms with Gasteiger partial charge in [0.25, 0.3) is 0 Å². The Balaban J connectivity index is 1.96. The van der Waals surface area contributed by atoms with Gasteiger partial charge in [-0.2, -0.15) is 0 Å². The van der Waals surface area contributed by atoms with Crippen LogP contribution in [-0.4, -0.2) is 18.9 Å². The van der Waals surface area contributed by atoms with Crippen molar-refractivity contribution < 1.29 is 9.18 Å². The number of hydrogen-bond donors (Lipinski definition) is 1. The molecule has 1 aromatic carbocycles. The van der Waals surface area contributed by atoms with Gasteiger partial charge in [-0.3, -0.25) is 4.79 Å². The first kappa shape index (κ1) is 11.7. The molecule has 4 heteroatoms. The second kappa shape index (κ2) is 5.06. The second-order valence-electron chi connectivity index (χ2n) is 4.18. The lowest BCUT2D eigenvalue weighted by Gasteiger charge is -2.26. The maximum absolute atomic E-state index is 13.4. The number of benzene rings is 1. The molecule has 1 aliphatic rings. The van der Waals surface area contributed by atoms with Crippen LogP contribution in [0, 0.1) is 11.7 Å². The van der Waals surface area contributed by atoms with Crippen LogP contribution >= 0.6 is 15.9 Å². The van der Waals surface area contributed by atoms with Crippen molar-refractivity contribution in [2.45, 2.75) is 12.8 Å². The summed E-state index contributed by atoms with van der Waals surface area (Å²) in [6, 6.07) is 4.70. The predicted octanol–water partition coefficient (Wildman–Crippen LogP) is 2.31. The van der Waals surface area contributed by atoms with Gasteiger partial charge in [0.1, 0.15) is 11.6 Å². The van der Waals surface area contributed by atoms with Gasteiger partial charge in [0.2, 0.25) is 0 Å². The number of halogens is 2. The van der Waals surface area contributed by atoms with Gasteiger partial charge in [0, 0.05) is 17.3 Å². The molecule has 0 saturated carbocycles. The van der Waals surface area contributed by atoms with Crippen molar-refractivity contribution in [1.29, 1.82) is 0 Å². The van der Waals surface area contributed by atoms with Gasteiger partial charge in [-0.05, 0) is 42.8 Å². The zero-order valence-electron chi connectivity index (χ0n) is 8.80. The molecule has 1 aliphatic heterocycles. The number of ketones is 1. The van der Waals surface area contributed by atoms with Crippen molar-refractivity contribution in [3.05, 3.63) is 34.1 Å². The first-order valence-corrected chi connectivity index (χ1v) is 6.11. The lowest BCUT2D eigenvalue weighted by Crippen LogP contribution is -2.43. The fourth-order valence-corrected chi connectivity index (χ4v) is 2.19. The molecule has 0 atom stereocenters. The van der Waals surface area contributed by atoms with Crippen LogP contribution in [0.4, 0.5) is 4.39 Å². The third kappa shape index (κ3) is 2.89. The molecule has 1 fully saturated rings. The van der Waals surface area contributed by atoms with E-state index < -0.39 is 0 Å². The van der Waals surface area contributed by atoms with E-state index in [-0.39, 0.29) is 18.0 Å². The Morgan fingerprint density at radius 1 is 1.50 bits per heavy atom. The molecule has 1 N–H and O–H groups in total. The van der Waals surface area contributed by atoms with Crippen molar-refractivity contribution in [2.24, 2.45) is 5.92 Å². The summed E-state index contributed by atoms with van der Waals surface area (Å²) < 4.78 is 14.2. The molecule has 0 spiro atoms. The third-order valence-electron chi connectivity index (χ3n) is 2.78. The zero-order valence-corrected chi connectivity index (χ0v) is 10.4. The van der Waals surface area contributed by atoms with E-state index in [0.717, 1.165) is 17.6 Å². The van der Waals surface area contributed by atoms with E-state index in [2.05, 4.69) is 21.2 Å². The lowest BCUT2D eigenvalue weighted by atomic mass is 9.94. The second-order valence-corrected chi connectivity index (χ2v) is 5.10. The minimum atomic E-state index is -0.303. The Labute approximate surface area is 102 Å². The SMILES string of the molecule is O=C(Cc1cc(Br)ccc1F)CC1CNC1. The van der Waals surface area contributed by atoms with Crippen LogP contribution in [0.1, 0.15) is 12.0 Å². The van der Waals surface area contributed by atoms with E-state index >= 15 is 0 Å². The number of rotatable bonds is 4. The molecule has 2 nitrogen and oxygen atoms in total. The van der Waals surface area contributed by atoms with Gasteiger partial charge in [-0.25, -0.2) is 4.39 Å². The van der Waals surface area contributed by atoms with Gasteiger partial charge in [-0.1, -0.05) is 15.9 Å². The molecule has 0 aliphatic carbocycles. The molecule has 0 radical (unpaired) electrons. The molecule has 0 bridgehead atoms. The largest absolute Gasteiger partial charge is 0.316 e. The Bertz CT molecular complexity index is 404. The average Bonchev–Trinajstić information content (AvgIpc) is 2.18. The van der Waals surface area contributed by atoms with Gasteiger partial charge in [-0.15, -0.1) is 0 Å². The summed E-state index contributed by atoms with van der Waals surface area (Å²) in [5.74, 6) is 0.259. The summed E-state index contributed by atoms with van der Waals surface area (Å²) in [6.45, 7) is 1.82. The summed E-state index contributed by atoms with van der Waals surface area (Å²) in [5, 5.41) is 3.12. The van der Waals surface area contributed by atoms with E-state index in [1.165, 1.54) is 6.07 Å². The summed E-state index contributed by atoms with van der Waals surface area (Å²) in [5.41, 5.74) is 0.478. The van der Waals surface area contributed by atoms with Crippen LogP contribution in [0.3, 0.4) is 0 Å². The van der Waals surface area contributed by atoms with E-state index in [0.29, 0.717) is 17.9 Å². The van der Waals surface area contributed by atoms with Crippen LogP contribution in [0.25, 0.3) is 0 Å². The van der Waals surface area contributed by atoms with E-state index in [1.807, 2.05) is 0 Å². The highest BCUT2D eigenvalue weighted by atomic mass is 79.9. The summed E-state index contributed by atoms with van der Waals surface area (Å²) >= 11 is 3.27. The highest BCUT2D eigenvalue weighted by molar-refractivity contribution is 9.10. The maximum Gasteiger partial charge on any atom is 0.137 e. The summed E-state index contributed by atoms with van der Waals surface area (Å²) in [7, 11) is 0. The van der Waals surface area contributed by atoms with Crippen molar-refractivity contribution in [2.75, 3.05) is 13.1 Å². The number of hydrogen-bond acceptors (Lipinski definition) is 2. The predicted molar refractivity (Wildman–Crippen MR) is 63.8 cm³/mol. The van der Waals surface area contributed by atoms with E-state index in [9.17, 15) is 9.18 Å². The smallest absolute Gasteiger partial charge is 0.137 e. The number of nitrogens with one attached hydrogen (secondary N) is 1. The van der Waals surface area contributed by atoms with Crippen LogP contribution in [0.2, 0.25) is 0 Å². The van der Waals surface area contributed by atoms with Crippen LogP contribution in [0.15, 0.2) is 22.7 Å². The van der Waals surface area contributed by atoms with Crippen molar-refractivity contribution in [3.8, 4) is 0 Å². The van der Waals surface area contributed by atoms with E-state index in [1.54, 1.807) is 12.1 Å². The first-order chi connectivity index (χ1) is 7.65.